The molecule has 0 aliphatic heterocycles. The van der Waals surface area contributed by atoms with Crippen LogP contribution in [-0.2, 0) is 0 Å². The van der Waals surface area contributed by atoms with E-state index >= 15 is 0 Å². The minimum atomic E-state index is -0.487. The van der Waals surface area contributed by atoms with E-state index in [1.165, 1.54) is 12.1 Å². The number of benzene rings is 1. The number of nitro benzene ring substituents is 1. The van der Waals surface area contributed by atoms with E-state index in [9.17, 15) is 14.9 Å². The highest BCUT2D eigenvalue weighted by Crippen LogP contribution is 2.23. The van der Waals surface area contributed by atoms with Gasteiger partial charge in [-0.25, -0.2) is 0 Å². The fourth-order valence-corrected chi connectivity index (χ4v) is 2.04. The summed E-state index contributed by atoms with van der Waals surface area (Å²) >= 11 is 0. The summed E-state index contributed by atoms with van der Waals surface area (Å²) in [5, 5.41) is 19.8. The first kappa shape index (κ1) is 16.1. The molecule has 1 aromatic carbocycles. The molecule has 110 valence electrons. The Bertz CT molecular complexity index is 500. The Balaban J connectivity index is 3.12. The second kappa shape index (κ2) is 7.00. The van der Waals surface area contributed by atoms with Crippen molar-refractivity contribution in [2.24, 2.45) is 0 Å². The van der Waals surface area contributed by atoms with Crippen LogP contribution in [-0.4, -0.2) is 40.0 Å². The lowest BCUT2D eigenvalue weighted by atomic mass is 10.0. The summed E-state index contributed by atoms with van der Waals surface area (Å²) in [5.74, 6) is -0.241. The van der Waals surface area contributed by atoms with Gasteiger partial charge in [-0.2, -0.15) is 0 Å². The Kier molecular flexibility index (Phi) is 5.64. The molecule has 6 heteroatoms. The van der Waals surface area contributed by atoms with Crippen LogP contribution in [0.1, 0.15) is 36.2 Å². The number of carbonyl (C=O) groups is 1. The van der Waals surface area contributed by atoms with Gasteiger partial charge in [-0.05, 0) is 33.3 Å². The quantitative estimate of drug-likeness (QED) is 0.639. The van der Waals surface area contributed by atoms with Crippen molar-refractivity contribution in [1.29, 1.82) is 0 Å². The molecule has 0 unspecified atom stereocenters. The minimum absolute atomic E-state index is 0.00438. The molecule has 0 aliphatic carbocycles. The van der Waals surface area contributed by atoms with Crippen LogP contribution >= 0.6 is 0 Å². The van der Waals surface area contributed by atoms with Gasteiger partial charge in [0.1, 0.15) is 0 Å². The van der Waals surface area contributed by atoms with Gasteiger partial charge in [-0.1, -0.05) is 6.07 Å². The summed E-state index contributed by atoms with van der Waals surface area (Å²) in [4.78, 5) is 24.6. The van der Waals surface area contributed by atoms with E-state index in [0.29, 0.717) is 24.1 Å². The first-order valence-corrected chi connectivity index (χ1v) is 6.56. The first-order chi connectivity index (χ1) is 9.40. The standard InChI is InChI=1S/C14H20N2O4/c1-10(2)15(8-5-9-17)14(18)12-6-4-7-13(11(12)3)16(19)20/h4,6-7,10,17H,5,8-9H2,1-3H3. The number of hydrogen-bond acceptors (Lipinski definition) is 4. The maximum atomic E-state index is 12.5. The van der Waals surface area contributed by atoms with Gasteiger partial charge in [0.2, 0.25) is 0 Å². The van der Waals surface area contributed by atoms with Gasteiger partial charge in [0.25, 0.3) is 11.6 Å². The monoisotopic (exact) mass is 280 g/mol. The van der Waals surface area contributed by atoms with Gasteiger partial charge >= 0.3 is 0 Å². The number of amides is 1. The van der Waals surface area contributed by atoms with Crippen molar-refractivity contribution in [3.8, 4) is 0 Å². The third-order valence-electron chi connectivity index (χ3n) is 3.17. The number of hydrogen-bond donors (Lipinski definition) is 1. The molecule has 0 atom stereocenters. The molecule has 0 aliphatic rings. The Hall–Kier alpha value is -1.95. The molecule has 1 amide bonds. The molecule has 0 spiro atoms. The number of aliphatic hydroxyl groups excluding tert-OH is 1. The minimum Gasteiger partial charge on any atom is -0.396 e. The molecule has 0 bridgehead atoms. The van der Waals surface area contributed by atoms with Crippen molar-refractivity contribution >= 4 is 11.6 Å². The summed E-state index contributed by atoms with van der Waals surface area (Å²) in [7, 11) is 0. The molecule has 0 saturated carbocycles. The fraction of sp³-hybridized carbons (Fsp3) is 0.500. The predicted molar refractivity (Wildman–Crippen MR) is 75.7 cm³/mol. The molecule has 1 N–H and O–H groups in total. The van der Waals surface area contributed by atoms with E-state index in [0.717, 1.165) is 0 Å². The molecule has 6 nitrogen and oxygen atoms in total. The Morgan fingerprint density at radius 1 is 1.45 bits per heavy atom. The maximum absolute atomic E-state index is 12.5. The zero-order valence-corrected chi connectivity index (χ0v) is 12.0. The molecule has 0 saturated heterocycles. The SMILES string of the molecule is Cc1c(C(=O)N(CCCO)C(C)C)cccc1[N+](=O)[O-]. The van der Waals surface area contributed by atoms with Crippen LogP contribution in [0.4, 0.5) is 5.69 Å². The topological polar surface area (TPSA) is 83.7 Å². The Morgan fingerprint density at radius 3 is 2.60 bits per heavy atom. The van der Waals surface area contributed by atoms with Crippen LogP contribution < -0.4 is 0 Å². The number of rotatable bonds is 6. The average molecular weight is 280 g/mol. The lowest BCUT2D eigenvalue weighted by Gasteiger charge is -2.27. The second-order valence-electron chi connectivity index (χ2n) is 4.88. The van der Waals surface area contributed by atoms with Crippen LogP contribution in [0, 0.1) is 17.0 Å². The van der Waals surface area contributed by atoms with Crippen LogP contribution in [0.5, 0.6) is 0 Å². The molecular formula is C14H20N2O4. The number of nitro groups is 1. The number of nitrogens with zero attached hydrogens (tertiary/aromatic N) is 2. The Labute approximate surface area is 118 Å². The third-order valence-corrected chi connectivity index (χ3v) is 3.17. The Morgan fingerprint density at radius 2 is 2.10 bits per heavy atom. The van der Waals surface area contributed by atoms with E-state index in [-0.39, 0.29) is 24.2 Å². The average Bonchev–Trinajstić information content (AvgIpc) is 2.38. The van der Waals surface area contributed by atoms with E-state index in [1.54, 1.807) is 17.9 Å². The number of aliphatic hydroxyl groups is 1. The maximum Gasteiger partial charge on any atom is 0.273 e. The van der Waals surface area contributed by atoms with Gasteiger partial charge in [0.05, 0.1) is 4.92 Å². The van der Waals surface area contributed by atoms with E-state index in [1.807, 2.05) is 13.8 Å². The molecule has 0 heterocycles. The molecule has 20 heavy (non-hydrogen) atoms. The van der Waals surface area contributed by atoms with Crippen LogP contribution in [0.25, 0.3) is 0 Å². The van der Waals surface area contributed by atoms with Gasteiger partial charge in [-0.15, -0.1) is 0 Å². The van der Waals surface area contributed by atoms with E-state index < -0.39 is 4.92 Å². The van der Waals surface area contributed by atoms with Crippen molar-refractivity contribution < 1.29 is 14.8 Å². The normalized spacial score (nSPS) is 10.7. The van der Waals surface area contributed by atoms with Crippen molar-refractivity contribution in [3.05, 3.63) is 39.4 Å². The molecule has 0 aromatic heterocycles. The summed E-state index contributed by atoms with van der Waals surface area (Å²) in [6, 6.07) is 4.47. The van der Waals surface area contributed by atoms with Crippen LogP contribution in [0.3, 0.4) is 0 Å². The molecule has 1 aromatic rings. The summed E-state index contributed by atoms with van der Waals surface area (Å²) in [6.07, 6.45) is 0.484. The van der Waals surface area contributed by atoms with Crippen LogP contribution in [0.15, 0.2) is 18.2 Å². The zero-order valence-electron chi connectivity index (χ0n) is 12.0. The summed E-state index contributed by atoms with van der Waals surface area (Å²) < 4.78 is 0. The summed E-state index contributed by atoms with van der Waals surface area (Å²) in [6.45, 7) is 5.76. The van der Waals surface area contributed by atoms with Gasteiger partial charge in [0, 0.05) is 36.4 Å². The summed E-state index contributed by atoms with van der Waals surface area (Å²) in [5.41, 5.74) is 0.657. The number of carbonyl (C=O) groups excluding carboxylic acids is 1. The highest BCUT2D eigenvalue weighted by molar-refractivity contribution is 5.96. The van der Waals surface area contributed by atoms with Gasteiger partial charge < -0.3 is 10.0 Å². The van der Waals surface area contributed by atoms with Gasteiger partial charge in [-0.3, -0.25) is 14.9 Å². The van der Waals surface area contributed by atoms with Crippen molar-refractivity contribution in [2.75, 3.05) is 13.2 Å². The molecule has 0 fully saturated rings. The lowest BCUT2D eigenvalue weighted by molar-refractivity contribution is -0.385. The molecular weight excluding hydrogens is 260 g/mol. The van der Waals surface area contributed by atoms with E-state index in [2.05, 4.69) is 0 Å². The van der Waals surface area contributed by atoms with E-state index in [4.69, 9.17) is 5.11 Å². The smallest absolute Gasteiger partial charge is 0.273 e. The largest absolute Gasteiger partial charge is 0.396 e. The van der Waals surface area contributed by atoms with Crippen molar-refractivity contribution in [1.82, 2.24) is 4.90 Å². The molecule has 1 rings (SSSR count). The zero-order chi connectivity index (χ0) is 15.3. The third kappa shape index (κ3) is 3.54. The predicted octanol–water partition coefficient (Wildman–Crippen LogP) is 2.14. The van der Waals surface area contributed by atoms with Crippen molar-refractivity contribution in [3.63, 3.8) is 0 Å². The highest BCUT2D eigenvalue weighted by Gasteiger charge is 2.23. The lowest BCUT2D eigenvalue weighted by Crippen LogP contribution is -2.38. The molecule has 0 radical (unpaired) electrons. The fourth-order valence-electron chi connectivity index (χ4n) is 2.04. The second-order valence-corrected chi connectivity index (χ2v) is 4.88. The first-order valence-electron chi connectivity index (χ1n) is 6.56. The van der Waals surface area contributed by atoms with Gasteiger partial charge in [0.15, 0.2) is 0 Å². The van der Waals surface area contributed by atoms with Crippen molar-refractivity contribution in [2.45, 2.75) is 33.2 Å². The highest BCUT2D eigenvalue weighted by atomic mass is 16.6. The van der Waals surface area contributed by atoms with Crippen LogP contribution in [0.2, 0.25) is 0 Å².